The van der Waals surface area contributed by atoms with Gasteiger partial charge >= 0.3 is 5.97 Å². The number of aryl methyl sites for hydroxylation is 3. The second-order valence-electron chi connectivity index (χ2n) is 5.82. The van der Waals surface area contributed by atoms with E-state index >= 15 is 0 Å². The monoisotopic (exact) mass is 261 g/mol. The topological polar surface area (TPSA) is 49.3 Å². The van der Waals surface area contributed by atoms with E-state index in [1.807, 2.05) is 0 Å². The molecule has 2 unspecified atom stereocenters. The normalized spacial score (nSPS) is 23.1. The van der Waals surface area contributed by atoms with Gasteiger partial charge in [0.25, 0.3) is 0 Å². The lowest BCUT2D eigenvalue weighted by Crippen LogP contribution is -2.31. The van der Waals surface area contributed by atoms with Gasteiger partial charge in [-0.3, -0.25) is 4.79 Å². The lowest BCUT2D eigenvalue weighted by atomic mass is 9.85. The Kier molecular flexibility index (Phi) is 4.13. The predicted molar refractivity (Wildman–Crippen MR) is 77.7 cm³/mol. The van der Waals surface area contributed by atoms with E-state index in [1.54, 1.807) is 0 Å². The van der Waals surface area contributed by atoms with Crippen LogP contribution in [0, 0.1) is 26.7 Å². The van der Waals surface area contributed by atoms with E-state index < -0.39 is 5.97 Å². The molecule has 1 fully saturated rings. The third-order valence-electron chi connectivity index (χ3n) is 4.05. The van der Waals surface area contributed by atoms with Gasteiger partial charge in [-0.05, 0) is 51.2 Å². The lowest BCUT2D eigenvalue weighted by molar-refractivity contribution is -0.142. The Labute approximate surface area is 115 Å². The average Bonchev–Trinajstić information content (AvgIpc) is 2.34. The number of aliphatic carboxylic acids is 1. The van der Waals surface area contributed by atoms with Crippen molar-refractivity contribution < 1.29 is 9.90 Å². The highest BCUT2D eigenvalue weighted by molar-refractivity contribution is 5.70. The molecule has 104 valence electrons. The minimum absolute atomic E-state index is 0.183. The van der Waals surface area contributed by atoms with Gasteiger partial charge in [0.15, 0.2) is 0 Å². The molecule has 0 radical (unpaired) electrons. The van der Waals surface area contributed by atoms with Crippen molar-refractivity contribution in [2.45, 2.75) is 52.5 Å². The van der Waals surface area contributed by atoms with Crippen LogP contribution in [0.25, 0.3) is 0 Å². The molecule has 1 aliphatic carbocycles. The minimum Gasteiger partial charge on any atom is -0.481 e. The highest BCUT2D eigenvalue weighted by Gasteiger charge is 2.27. The fourth-order valence-electron chi connectivity index (χ4n) is 3.16. The fourth-order valence-corrected chi connectivity index (χ4v) is 3.16. The summed E-state index contributed by atoms with van der Waals surface area (Å²) in [5, 5.41) is 12.7. The van der Waals surface area contributed by atoms with E-state index in [2.05, 4.69) is 38.2 Å². The first kappa shape index (κ1) is 13.9. The summed E-state index contributed by atoms with van der Waals surface area (Å²) in [5.41, 5.74) is 4.94. The van der Waals surface area contributed by atoms with Crippen LogP contribution in [0.5, 0.6) is 0 Å². The molecule has 0 spiro atoms. The quantitative estimate of drug-likeness (QED) is 0.873. The summed E-state index contributed by atoms with van der Waals surface area (Å²) in [4.78, 5) is 11.1. The van der Waals surface area contributed by atoms with Crippen molar-refractivity contribution in [3.05, 3.63) is 28.8 Å². The first-order chi connectivity index (χ1) is 8.97. The molecule has 1 aliphatic rings. The molecule has 3 nitrogen and oxygen atoms in total. The van der Waals surface area contributed by atoms with Crippen molar-refractivity contribution in [2.75, 3.05) is 5.32 Å². The second kappa shape index (κ2) is 5.64. The molecule has 3 heteroatoms. The van der Waals surface area contributed by atoms with E-state index in [4.69, 9.17) is 5.11 Å². The molecule has 0 saturated heterocycles. The molecule has 0 heterocycles. The maximum atomic E-state index is 11.1. The molecular formula is C16H23NO2. The molecule has 2 N–H and O–H groups in total. The molecular weight excluding hydrogens is 238 g/mol. The number of carboxylic acids is 1. The molecule has 0 aliphatic heterocycles. The van der Waals surface area contributed by atoms with Crippen LogP contribution in [-0.4, -0.2) is 17.1 Å². The van der Waals surface area contributed by atoms with Gasteiger partial charge in [-0.25, -0.2) is 0 Å². The SMILES string of the molecule is Cc1cc(C)c(NC2CCCC(C(=O)O)C2)c(C)c1. The zero-order chi connectivity index (χ0) is 14.0. The van der Waals surface area contributed by atoms with Crippen molar-refractivity contribution in [1.82, 2.24) is 0 Å². The van der Waals surface area contributed by atoms with Gasteiger partial charge < -0.3 is 10.4 Å². The third kappa shape index (κ3) is 3.28. The van der Waals surface area contributed by atoms with Crippen LogP contribution >= 0.6 is 0 Å². The fraction of sp³-hybridized carbons (Fsp3) is 0.562. The first-order valence-corrected chi connectivity index (χ1v) is 7.04. The standard InChI is InChI=1S/C16H23NO2/c1-10-7-11(2)15(12(3)8-10)17-14-6-4-5-13(9-14)16(18)19/h7-8,13-14,17H,4-6,9H2,1-3H3,(H,18,19). The molecule has 1 saturated carbocycles. The van der Waals surface area contributed by atoms with Crippen LogP contribution in [0.15, 0.2) is 12.1 Å². The summed E-state index contributed by atoms with van der Waals surface area (Å²) in [6.45, 7) is 6.32. The Morgan fingerprint density at radius 1 is 1.21 bits per heavy atom. The molecule has 0 bridgehead atoms. The molecule has 2 atom stereocenters. The van der Waals surface area contributed by atoms with Crippen LogP contribution in [0.1, 0.15) is 42.4 Å². The number of anilines is 1. The Morgan fingerprint density at radius 3 is 2.42 bits per heavy atom. The summed E-state index contributed by atoms with van der Waals surface area (Å²) in [5.74, 6) is -0.832. The van der Waals surface area contributed by atoms with E-state index in [0.717, 1.165) is 25.7 Å². The molecule has 19 heavy (non-hydrogen) atoms. The van der Waals surface area contributed by atoms with E-state index in [1.165, 1.54) is 22.4 Å². The van der Waals surface area contributed by atoms with Gasteiger partial charge in [-0.1, -0.05) is 24.1 Å². The summed E-state index contributed by atoms with van der Waals surface area (Å²) in [7, 11) is 0. The van der Waals surface area contributed by atoms with Crippen molar-refractivity contribution in [2.24, 2.45) is 5.92 Å². The smallest absolute Gasteiger partial charge is 0.306 e. The third-order valence-corrected chi connectivity index (χ3v) is 4.05. The van der Waals surface area contributed by atoms with Gasteiger partial charge in [0.05, 0.1) is 5.92 Å². The number of carboxylic acid groups (broad SMARTS) is 1. The number of hydrogen-bond acceptors (Lipinski definition) is 2. The maximum absolute atomic E-state index is 11.1. The molecule has 1 aromatic carbocycles. The van der Waals surface area contributed by atoms with Gasteiger partial charge in [0, 0.05) is 11.7 Å². The van der Waals surface area contributed by atoms with Crippen LogP contribution in [-0.2, 0) is 4.79 Å². The van der Waals surface area contributed by atoms with Gasteiger partial charge in [0.1, 0.15) is 0 Å². The van der Waals surface area contributed by atoms with Gasteiger partial charge in [0.2, 0.25) is 0 Å². The zero-order valence-corrected chi connectivity index (χ0v) is 12.0. The van der Waals surface area contributed by atoms with Crippen LogP contribution in [0.3, 0.4) is 0 Å². The maximum Gasteiger partial charge on any atom is 0.306 e. The summed E-state index contributed by atoms with van der Waals surface area (Å²) >= 11 is 0. The number of benzene rings is 1. The van der Waals surface area contributed by atoms with Crippen molar-refractivity contribution >= 4 is 11.7 Å². The van der Waals surface area contributed by atoms with Gasteiger partial charge in [-0.2, -0.15) is 0 Å². The predicted octanol–water partition coefficient (Wildman–Crippen LogP) is 3.67. The minimum atomic E-state index is -0.649. The summed E-state index contributed by atoms with van der Waals surface area (Å²) in [6, 6.07) is 4.63. The molecule has 1 aromatic rings. The number of rotatable bonds is 3. The Bertz CT molecular complexity index is 459. The Balaban J connectivity index is 2.11. The Hall–Kier alpha value is -1.51. The van der Waals surface area contributed by atoms with Crippen molar-refractivity contribution in [1.29, 1.82) is 0 Å². The zero-order valence-electron chi connectivity index (χ0n) is 12.0. The van der Waals surface area contributed by atoms with Gasteiger partial charge in [-0.15, -0.1) is 0 Å². The van der Waals surface area contributed by atoms with Crippen LogP contribution < -0.4 is 5.32 Å². The molecule has 0 amide bonds. The number of nitrogens with one attached hydrogen (secondary N) is 1. The average molecular weight is 261 g/mol. The van der Waals surface area contributed by atoms with Crippen molar-refractivity contribution in [3.8, 4) is 0 Å². The van der Waals surface area contributed by atoms with Crippen LogP contribution in [0.2, 0.25) is 0 Å². The molecule has 2 rings (SSSR count). The van der Waals surface area contributed by atoms with Crippen LogP contribution in [0.4, 0.5) is 5.69 Å². The van der Waals surface area contributed by atoms with E-state index in [-0.39, 0.29) is 12.0 Å². The largest absolute Gasteiger partial charge is 0.481 e. The Morgan fingerprint density at radius 2 is 1.84 bits per heavy atom. The van der Waals surface area contributed by atoms with E-state index in [9.17, 15) is 4.79 Å². The van der Waals surface area contributed by atoms with E-state index in [0.29, 0.717) is 0 Å². The lowest BCUT2D eigenvalue weighted by Gasteiger charge is -2.29. The second-order valence-corrected chi connectivity index (χ2v) is 5.82. The molecule has 0 aromatic heterocycles. The van der Waals surface area contributed by atoms with Crippen molar-refractivity contribution in [3.63, 3.8) is 0 Å². The highest BCUT2D eigenvalue weighted by atomic mass is 16.4. The number of hydrogen-bond donors (Lipinski definition) is 2. The first-order valence-electron chi connectivity index (χ1n) is 7.04. The summed E-state index contributed by atoms with van der Waals surface area (Å²) < 4.78 is 0. The highest BCUT2D eigenvalue weighted by Crippen LogP contribution is 2.29. The number of carbonyl (C=O) groups is 1. The summed E-state index contributed by atoms with van der Waals surface area (Å²) in [6.07, 6.45) is 3.62.